The first-order valence-electron chi connectivity index (χ1n) is 7.43. The average molecular weight is 280 g/mol. The zero-order valence-electron chi connectivity index (χ0n) is 12.5. The first-order chi connectivity index (χ1) is 10.2. The van der Waals surface area contributed by atoms with Gasteiger partial charge in [-0.05, 0) is 37.3 Å². The number of benzene rings is 2. The normalized spacial score (nSPS) is 10.8. The van der Waals surface area contributed by atoms with Crippen molar-refractivity contribution < 1.29 is 4.79 Å². The van der Waals surface area contributed by atoms with Gasteiger partial charge in [0.1, 0.15) is 0 Å². The van der Waals surface area contributed by atoms with Crippen LogP contribution in [0.5, 0.6) is 0 Å². The van der Waals surface area contributed by atoms with Crippen LogP contribution in [0.3, 0.4) is 0 Å². The Morgan fingerprint density at radius 3 is 2.14 bits per heavy atom. The van der Waals surface area contributed by atoms with E-state index in [2.05, 4.69) is 24.3 Å². The standard InChI is InChI=1S/C19H22NO/c1-15(20)17-11-13-18(14-12-17)19(21)10-6-5-9-16-7-3-2-4-8-16/h2-4,7-8,11-14H,5-6,9-10,20H2,1H3. The number of hydrogen-bond acceptors (Lipinski definition) is 2. The van der Waals surface area contributed by atoms with Crippen LogP contribution in [0.1, 0.15) is 47.7 Å². The summed E-state index contributed by atoms with van der Waals surface area (Å²) in [6.45, 7) is 1.86. The summed E-state index contributed by atoms with van der Waals surface area (Å²) in [5.41, 5.74) is 8.82. The highest BCUT2D eigenvalue weighted by molar-refractivity contribution is 5.96. The average Bonchev–Trinajstić information content (AvgIpc) is 2.52. The van der Waals surface area contributed by atoms with Crippen molar-refractivity contribution in [1.29, 1.82) is 0 Å². The second-order valence-electron chi connectivity index (χ2n) is 5.38. The van der Waals surface area contributed by atoms with Crippen molar-refractivity contribution in [3.8, 4) is 0 Å². The van der Waals surface area contributed by atoms with Gasteiger partial charge >= 0.3 is 0 Å². The SMILES string of the molecule is C[C](N)c1ccc(C(=O)CCCCc2ccccc2)cc1. The summed E-state index contributed by atoms with van der Waals surface area (Å²) in [4.78, 5) is 12.1. The highest BCUT2D eigenvalue weighted by Crippen LogP contribution is 2.13. The number of carbonyl (C=O) groups excluding carboxylic acids is 1. The maximum Gasteiger partial charge on any atom is 0.162 e. The number of carbonyl (C=O) groups is 1. The topological polar surface area (TPSA) is 43.1 Å². The predicted molar refractivity (Wildman–Crippen MR) is 87.0 cm³/mol. The van der Waals surface area contributed by atoms with Gasteiger partial charge in [0.25, 0.3) is 0 Å². The Morgan fingerprint density at radius 2 is 1.52 bits per heavy atom. The molecule has 2 aromatic carbocycles. The van der Waals surface area contributed by atoms with Gasteiger partial charge in [-0.25, -0.2) is 0 Å². The summed E-state index contributed by atoms with van der Waals surface area (Å²) in [6, 6.07) is 18.7. The van der Waals surface area contributed by atoms with Crippen LogP contribution >= 0.6 is 0 Å². The summed E-state index contributed by atoms with van der Waals surface area (Å²) in [5, 5.41) is 0. The monoisotopic (exact) mass is 280 g/mol. The van der Waals surface area contributed by atoms with Crippen molar-refractivity contribution >= 4 is 5.78 Å². The smallest absolute Gasteiger partial charge is 0.162 e. The summed E-state index contributed by atoms with van der Waals surface area (Å²) < 4.78 is 0. The van der Waals surface area contributed by atoms with Crippen LogP contribution in [0.2, 0.25) is 0 Å². The van der Waals surface area contributed by atoms with Crippen molar-refractivity contribution in [2.24, 2.45) is 5.73 Å². The molecule has 109 valence electrons. The van der Waals surface area contributed by atoms with E-state index in [4.69, 9.17) is 5.73 Å². The highest BCUT2D eigenvalue weighted by atomic mass is 16.1. The maximum absolute atomic E-state index is 12.1. The highest BCUT2D eigenvalue weighted by Gasteiger charge is 2.07. The van der Waals surface area contributed by atoms with Crippen LogP contribution in [-0.4, -0.2) is 5.78 Å². The van der Waals surface area contributed by atoms with Crippen LogP contribution < -0.4 is 5.73 Å². The molecular weight excluding hydrogens is 258 g/mol. The number of nitrogens with two attached hydrogens (primary N) is 1. The fraction of sp³-hybridized carbons (Fsp3) is 0.263. The molecule has 0 saturated carbocycles. The van der Waals surface area contributed by atoms with E-state index in [-0.39, 0.29) is 5.78 Å². The molecule has 0 fully saturated rings. The second-order valence-corrected chi connectivity index (χ2v) is 5.38. The zero-order valence-corrected chi connectivity index (χ0v) is 12.5. The lowest BCUT2D eigenvalue weighted by Gasteiger charge is -2.06. The van der Waals surface area contributed by atoms with Crippen molar-refractivity contribution in [1.82, 2.24) is 0 Å². The van der Waals surface area contributed by atoms with E-state index in [0.717, 1.165) is 36.4 Å². The molecule has 0 unspecified atom stereocenters. The lowest BCUT2D eigenvalue weighted by molar-refractivity contribution is 0.0979. The molecule has 0 aromatic heterocycles. The summed E-state index contributed by atoms with van der Waals surface area (Å²) >= 11 is 0. The van der Waals surface area contributed by atoms with Gasteiger partial charge in [0.2, 0.25) is 0 Å². The molecule has 0 atom stereocenters. The van der Waals surface area contributed by atoms with Gasteiger partial charge in [-0.3, -0.25) is 4.79 Å². The van der Waals surface area contributed by atoms with Crippen LogP contribution in [0.25, 0.3) is 0 Å². The largest absolute Gasteiger partial charge is 0.320 e. The molecule has 0 spiro atoms. The van der Waals surface area contributed by atoms with Gasteiger partial charge in [0.15, 0.2) is 5.78 Å². The van der Waals surface area contributed by atoms with E-state index in [9.17, 15) is 4.79 Å². The molecule has 0 heterocycles. The van der Waals surface area contributed by atoms with Gasteiger partial charge in [-0.15, -0.1) is 0 Å². The molecule has 2 nitrogen and oxygen atoms in total. The molecule has 2 N–H and O–H groups in total. The van der Waals surface area contributed by atoms with Crippen LogP contribution in [-0.2, 0) is 6.42 Å². The zero-order chi connectivity index (χ0) is 15.1. The molecule has 0 aliphatic carbocycles. The van der Waals surface area contributed by atoms with Crippen LogP contribution in [0, 0.1) is 6.04 Å². The summed E-state index contributed by atoms with van der Waals surface area (Å²) in [6.07, 6.45) is 3.62. The minimum atomic E-state index is 0.212. The molecule has 21 heavy (non-hydrogen) atoms. The van der Waals surface area contributed by atoms with Crippen molar-refractivity contribution in [3.63, 3.8) is 0 Å². The van der Waals surface area contributed by atoms with Crippen molar-refractivity contribution in [3.05, 3.63) is 77.3 Å². The van der Waals surface area contributed by atoms with Gasteiger partial charge in [-0.2, -0.15) is 0 Å². The van der Waals surface area contributed by atoms with Crippen LogP contribution in [0.15, 0.2) is 54.6 Å². The maximum atomic E-state index is 12.1. The number of unbranched alkanes of at least 4 members (excludes halogenated alkanes) is 1. The fourth-order valence-electron chi connectivity index (χ4n) is 2.32. The van der Waals surface area contributed by atoms with Crippen molar-refractivity contribution in [2.75, 3.05) is 0 Å². The fourth-order valence-corrected chi connectivity index (χ4v) is 2.32. The Hall–Kier alpha value is -1.93. The van der Waals surface area contributed by atoms with Gasteiger partial charge < -0.3 is 5.73 Å². The molecule has 0 bridgehead atoms. The third-order valence-corrected chi connectivity index (χ3v) is 3.62. The van der Waals surface area contributed by atoms with Gasteiger partial charge in [0.05, 0.1) is 6.04 Å². The lowest BCUT2D eigenvalue weighted by atomic mass is 10.0. The molecule has 2 rings (SSSR count). The van der Waals surface area contributed by atoms with E-state index in [0.29, 0.717) is 6.42 Å². The quantitative estimate of drug-likeness (QED) is 0.612. The number of ketones is 1. The number of rotatable bonds is 7. The molecule has 2 aromatic rings. The minimum Gasteiger partial charge on any atom is -0.320 e. The summed E-state index contributed by atoms with van der Waals surface area (Å²) in [5.74, 6) is 0.212. The Morgan fingerprint density at radius 1 is 0.905 bits per heavy atom. The first-order valence-corrected chi connectivity index (χ1v) is 7.43. The third kappa shape index (κ3) is 4.83. The molecule has 0 saturated heterocycles. The molecule has 0 amide bonds. The van der Waals surface area contributed by atoms with Gasteiger partial charge in [0, 0.05) is 12.0 Å². The van der Waals surface area contributed by atoms with Crippen molar-refractivity contribution in [2.45, 2.75) is 32.6 Å². The molecule has 2 heteroatoms. The molecule has 1 radical (unpaired) electrons. The number of hydrogen-bond donors (Lipinski definition) is 1. The Balaban J connectivity index is 1.76. The minimum absolute atomic E-state index is 0.212. The van der Waals surface area contributed by atoms with E-state index in [1.165, 1.54) is 5.56 Å². The Bertz CT molecular complexity index is 558. The molecule has 0 aliphatic rings. The first kappa shape index (κ1) is 15.5. The molecular formula is C19H22NO. The molecule has 0 aliphatic heterocycles. The lowest BCUT2D eigenvalue weighted by Crippen LogP contribution is -2.06. The Labute approximate surface area is 127 Å². The van der Waals surface area contributed by atoms with Crippen LogP contribution in [0.4, 0.5) is 0 Å². The predicted octanol–water partition coefficient (Wildman–Crippen LogP) is 4.14. The van der Waals surface area contributed by atoms with E-state index in [1.807, 2.05) is 37.3 Å². The van der Waals surface area contributed by atoms with Gasteiger partial charge in [-0.1, -0.05) is 54.6 Å². The number of Topliss-reactive ketones (excluding diaryl/α,β-unsaturated/α-hetero) is 1. The second kappa shape index (κ2) is 7.75. The van der Waals surface area contributed by atoms with E-state index >= 15 is 0 Å². The Kier molecular flexibility index (Phi) is 5.70. The summed E-state index contributed by atoms with van der Waals surface area (Å²) in [7, 11) is 0. The van der Waals surface area contributed by atoms with E-state index < -0.39 is 0 Å². The number of aryl methyl sites for hydroxylation is 1. The van der Waals surface area contributed by atoms with E-state index in [1.54, 1.807) is 0 Å². The third-order valence-electron chi connectivity index (χ3n) is 3.62.